The SMILES string of the molecule is N#CP(=S)(S)C#N. The van der Waals surface area contributed by atoms with Crippen LogP contribution in [0.2, 0.25) is 0 Å². The summed E-state index contributed by atoms with van der Waals surface area (Å²) in [6.07, 6.45) is 0. The molecule has 0 unspecified atom stereocenters. The average molecular weight is 148 g/mol. The van der Waals surface area contributed by atoms with Crippen molar-refractivity contribution in [1.29, 1.82) is 10.5 Å². The van der Waals surface area contributed by atoms with Crippen molar-refractivity contribution >= 4 is 29.3 Å². The van der Waals surface area contributed by atoms with Gasteiger partial charge in [-0.25, -0.2) is 0 Å². The lowest BCUT2D eigenvalue weighted by molar-refractivity contribution is 1.55. The van der Waals surface area contributed by atoms with Gasteiger partial charge >= 0.3 is 0 Å². The maximum absolute atomic E-state index is 7.99. The Balaban J connectivity index is 4.34. The van der Waals surface area contributed by atoms with Gasteiger partial charge in [0, 0.05) is 0 Å². The summed E-state index contributed by atoms with van der Waals surface area (Å²) >= 11 is 7.99. The van der Waals surface area contributed by atoms with Crippen molar-refractivity contribution in [3.05, 3.63) is 0 Å². The first-order valence-corrected chi connectivity index (χ1v) is 5.23. The molecule has 0 aromatic rings. The number of hydrogen-bond donors (Lipinski definition) is 1. The molecule has 36 valence electrons. The summed E-state index contributed by atoms with van der Waals surface area (Å²) in [7, 11) is 0. The highest BCUT2D eigenvalue weighted by Crippen LogP contribution is 2.47. The van der Waals surface area contributed by atoms with Crippen LogP contribution in [0.25, 0.3) is 0 Å². The van der Waals surface area contributed by atoms with E-state index in [0.717, 1.165) is 0 Å². The van der Waals surface area contributed by atoms with Gasteiger partial charge in [0.15, 0.2) is 5.24 Å². The van der Waals surface area contributed by atoms with Crippen molar-refractivity contribution in [1.82, 2.24) is 0 Å². The van der Waals surface area contributed by atoms with Crippen molar-refractivity contribution in [2.24, 2.45) is 0 Å². The third-order valence-corrected chi connectivity index (χ3v) is 1.84. The van der Waals surface area contributed by atoms with E-state index >= 15 is 0 Å². The van der Waals surface area contributed by atoms with E-state index in [1.807, 2.05) is 0 Å². The fraction of sp³-hybridized carbons (Fsp3) is 0. The minimum atomic E-state index is -2.52. The van der Waals surface area contributed by atoms with Crippen molar-refractivity contribution in [3.8, 4) is 11.6 Å². The van der Waals surface area contributed by atoms with Crippen LogP contribution in [-0.4, -0.2) is 0 Å². The Morgan fingerprint density at radius 2 is 1.71 bits per heavy atom. The maximum Gasteiger partial charge on any atom is 0.193 e. The van der Waals surface area contributed by atoms with Crippen LogP contribution in [0.3, 0.4) is 0 Å². The summed E-state index contributed by atoms with van der Waals surface area (Å²) in [5.74, 6) is 3.24. The summed E-state index contributed by atoms with van der Waals surface area (Å²) in [6.45, 7) is 0. The quantitative estimate of drug-likeness (QED) is 0.415. The van der Waals surface area contributed by atoms with Crippen LogP contribution in [0.1, 0.15) is 0 Å². The molecular formula is C2HN2PS2. The van der Waals surface area contributed by atoms with Crippen molar-refractivity contribution in [2.75, 3.05) is 0 Å². The van der Waals surface area contributed by atoms with E-state index in [1.54, 1.807) is 11.6 Å². The molecule has 0 atom stereocenters. The fourth-order valence-electron chi connectivity index (χ4n) is 0.0224. The highest BCUT2D eigenvalue weighted by molar-refractivity contribution is 8.66. The Kier molecular flexibility index (Phi) is 2.32. The average Bonchev–Trinajstić information content (AvgIpc) is 1.68. The van der Waals surface area contributed by atoms with E-state index < -0.39 is 5.24 Å². The van der Waals surface area contributed by atoms with Crippen molar-refractivity contribution in [2.45, 2.75) is 0 Å². The molecule has 5 heteroatoms. The van der Waals surface area contributed by atoms with Crippen LogP contribution in [0, 0.1) is 22.1 Å². The lowest BCUT2D eigenvalue weighted by Gasteiger charge is -1.82. The Morgan fingerprint density at radius 1 is 1.43 bits per heavy atom. The number of hydrogen-bond acceptors (Lipinski definition) is 3. The molecule has 2 nitrogen and oxygen atoms in total. The molecule has 0 aliphatic carbocycles. The molecule has 0 rings (SSSR count). The molecule has 0 fully saturated rings. The Bertz CT molecular complexity index is 167. The first-order chi connectivity index (χ1) is 3.12. The molecule has 0 spiro atoms. The lowest BCUT2D eigenvalue weighted by Crippen LogP contribution is -1.50. The molecule has 0 aliphatic heterocycles. The molecule has 0 bridgehead atoms. The van der Waals surface area contributed by atoms with Gasteiger partial charge in [-0.15, -0.1) is 12.2 Å². The van der Waals surface area contributed by atoms with Gasteiger partial charge in [-0.05, 0) is 0 Å². The molecule has 0 radical (unpaired) electrons. The molecule has 7 heavy (non-hydrogen) atoms. The Hall–Kier alpha value is -0.0200. The summed E-state index contributed by atoms with van der Waals surface area (Å²) in [5, 5.41) is 13.5. The molecule has 0 aromatic carbocycles. The van der Waals surface area contributed by atoms with Gasteiger partial charge in [0.25, 0.3) is 0 Å². The molecule has 0 saturated heterocycles. The van der Waals surface area contributed by atoms with Gasteiger partial charge in [-0.1, -0.05) is 11.8 Å². The van der Waals surface area contributed by atoms with E-state index in [0.29, 0.717) is 0 Å². The molecular weight excluding hydrogens is 147 g/mol. The molecule has 0 heterocycles. The zero-order valence-corrected chi connectivity index (χ0v) is 5.80. The standard InChI is InChI=1S/C2HN2PS2/c3-1-5(6,7)2-4/h(H,6,7). The summed E-state index contributed by atoms with van der Waals surface area (Å²) < 4.78 is 0. The Labute approximate surface area is 51.9 Å². The lowest BCUT2D eigenvalue weighted by atomic mass is 11.8. The number of thiol groups is 1. The fourth-order valence-corrected chi connectivity index (χ4v) is 0.0671. The van der Waals surface area contributed by atoms with E-state index in [-0.39, 0.29) is 0 Å². The molecule has 0 amide bonds. The summed E-state index contributed by atoms with van der Waals surface area (Å²) in [6, 6.07) is 0. The van der Waals surface area contributed by atoms with Gasteiger partial charge in [0.05, 0.1) is 0 Å². The van der Waals surface area contributed by atoms with Gasteiger partial charge in [0.1, 0.15) is 11.6 Å². The van der Waals surface area contributed by atoms with E-state index in [4.69, 9.17) is 10.5 Å². The largest absolute Gasteiger partial charge is 0.193 e. The minimum absolute atomic E-state index is 1.62. The Morgan fingerprint density at radius 3 is 1.71 bits per heavy atom. The monoisotopic (exact) mass is 148 g/mol. The van der Waals surface area contributed by atoms with Crippen LogP contribution in [0.5, 0.6) is 0 Å². The third kappa shape index (κ3) is 2.65. The van der Waals surface area contributed by atoms with Crippen LogP contribution >= 0.6 is 17.5 Å². The first kappa shape index (κ1) is 6.98. The highest BCUT2D eigenvalue weighted by atomic mass is 32.9. The number of rotatable bonds is 0. The normalized spacial score (nSPS) is 9.00. The molecule has 0 aliphatic rings. The summed E-state index contributed by atoms with van der Waals surface area (Å²) in [5.41, 5.74) is 0. The van der Waals surface area contributed by atoms with E-state index in [9.17, 15) is 0 Å². The smallest absolute Gasteiger partial charge is 0.191 e. The molecule has 0 N–H and O–H groups in total. The zero-order chi connectivity index (χ0) is 5.91. The predicted molar refractivity (Wildman–Crippen MR) is 34.5 cm³/mol. The number of nitriles is 2. The molecule has 0 aromatic heterocycles. The van der Waals surface area contributed by atoms with E-state index in [2.05, 4.69) is 24.1 Å². The van der Waals surface area contributed by atoms with Crippen molar-refractivity contribution in [3.63, 3.8) is 0 Å². The zero-order valence-electron chi connectivity index (χ0n) is 3.20. The highest BCUT2D eigenvalue weighted by Gasteiger charge is 2.04. The van der Waals surface area contributed by atoms with Crippen LogP contribution in [-0.2, 0) is 11.8 Å². The third-order valence-electron chi connectivity index (χ3n) is 0.271. The van der Waals surface area contributed by atoms with Gasteiger partial charge in [0.2, 0.25) is 0 Å². The van der Waals surface area contributed by atoms with Crippen LogP contribution < -0.4 is 0 Å². The van der Waals surface area contributed by atoms with Crippen molar-refractivity contribution < 1.29 is 0 Å². The number of nitrogens with zero attached hydrogens (tertiary/aromatic N) is 2. The van der Waals surface area contributed by atoms with E-state index in [1.165, 1.54) is 0 Å². The second kappa shape index (κ2) is 2.33. The van der Waals surface area contributed by atoms with Gasteiger partial charge in [-0.3, -0.25) is 0 Å². The van der Waals surface area contributed by atoms with Gasteiger partial charge in [-0.2, -0.15) is 10.5 Å². The first-order valence-electron chi connectivity index (χ1n) is 1.28. The topological polar surface area (TPSA) is 47.6 Å². The predicted octanol–water partition coefficient (Wildman–Crippen LogP) is 1.27. The second-order valence-corrected chi connectivity index (χ2v) is 6.58. The maximum atomic E-state index is 7.99. The second-order valence-electron chi connectivity index (χ2n) is 0.776. The minimum Gasteiger partial charge on any atom is -0.191 e. The van der Waals surface area contributed by atoms with Gasteiger partial charge < -0.3 is 0 Å². The van der Waals surface area contributed by atoms with Crippen LogP contribution in [0.15, 0.2) is 0 Å². The van der Waals surface area contributed by atoms with Crippen LogP contribution in [0.4, 0.5) is 0 Å². The summed E-state index contributed by atoms with van der Waals surface area (Å²) in [4.78, 5) is 0. The molecule has 0 saturated carbocycles.